The van der Waals surface area contributed by atoms with E-state index in [-0.39, 0.29) is 44.2 Å². The normalized spacial score (nSPS) is 31.5. The molecule has 1 aliphatic carbocycles. The van der Waals surface area contributed by atoms with E-state index in [0.717, 1.165) is 0 Å². The predicted octanol–water partition coefficient (Wildman–Crippen LogP) is -2.23. The van der Waals surface area contributed by atoms with Gasteiger partial charge in [-0.2, -0.15) is 0 Å². The Morgan fingerprint density at radius 1 is 0.808 bits per heavy atom. The minimum Gasteiger partial charge on any atom is -0.481 e. The van der Waals surface area contributed by atoms with Crippen molar-refractivity contribution >= 4 is 17.7 Å². The number of Topliss-reactive ketones (excluding diaryl/α,β-unsaturated/α-hetero) is 1. The van der Waals surface area contributed by atoms with E-state index in [2.05, 4.69) is 16.0 Å². The van der Waals surface area contributed by atoms with Gasteiger partial charge in [-0.25, -0.2) is 0 Å². The Morgan fingerprint density at radius 3 is 1.65 bits per heavy atom. The number of aliphatic hydroxyl groups excluding tert-OH is 2. The molecule has 0 aliphatic heterocycles. The number of aliphatic hydroxyl groups is 2. The summed E-state index contributed by atoms with van der Waals surface area (Å²) < 4.78 is 0. The molecular weight excluding hydrogens is 346 g/mol. The summed E-state index contributed by atoms with van der Waals surface area (Å²) in [5, 5.41) is 47.6. The van der Waals surface area contributed by atoms with Crippen LogP contribution in [0.1, 0.15) is 26.7 Å². The number of carboxylic acid groups (broad SMARTS) is 2. The summed E-state index contributed by atoms with van der Waals surface area (Å²) in [5.74, 6) is -2.39. The zero-order chi connectivity index (χ0) is 19.9. The Balaban J connectivity index is 2.86. The Hall–Kier alpha value is -1.59. The van der Waals surface area contributed by atoms with Crippen molar-refractivity contribution in [2.75, 3.05) is 19.6 Å². The van der Waals surface area contributed by atoms with Crippen LogP contribution in [0, 0.1) is 5.92 Å². The Labute approximate surface area is 152 Å². The van der Waals surface area contributed by atoms with Crippen molar-refractivity contribution < 1.29 is 34.8 Å². The van der Waals surface area contributed by atoms with E-state index in [4.69, 9.17) is 10.2 Å². The average molecular weight is 375 g/mol. The zero-order valence-corrected chi connectivity index (χ0v) is 15.0. The minimum absolute atomic E-state index is 0.0475. The highest BCUT2D eigenvalue weighted by Crippen LogP contribution is 2.26. The molecule has 1 rings (SSSR count). The predicted molar refractivity (Wildman–Crippen MR) is 91.7 cm³/mol. The number of carboxylic acids is 2. The van der Waals surface area contributed by atoms with Crippen molar-refractivity contribution in [2.45, 2.75) is 57.0 Å². The molecule has 10 nitrogen and oxygen atoms in total. The van der Waals surface area contributed by atoms with Gasteiger partial charge in [-0.3, -0.25) is 14.4 Å². The molecule has 1 fully saturated rings. The number of nitrogens with one attached hydrogen (secondary N) is 3. The molecule has 1 aliphatic rings. The fraction of sp³-hybridized carbons (Fsp3) is 0.812. The van der Waals surface area contributed by atoms with Crippen LogP contribution in [0.2, 0.25) is 0 Å². The van der Waals surface area contributed by atoms with E-state index < -0.39 is 42.3 Å². The molecule has 0 spiro atoms. The number of hydrogen-bond acceptors (Lipinski definition) is 8. The van der Waals surface area contributed by atoms with E-state index in [1.54, 1.807) is 6.92 Å². The summed E-state index contributed by atoms with van der Waals surface area (Å²) in [6.07, 6.45) is -2.40. The standard InChI is InChI=1S/C16H29N3O7/c1-8(20)7-19-13-9(2)12(17-5-3-10(21)22)15(25)14(16(13)26)18-6-4-11(23)24/h9,12-19,25-26H,3-7H2,1-2H3,(H,21,22)(H,23,24)/t9-,12+,13-,14+,15+,16-/m1/s1. The first-order chi connectivity index (χ1) is 12.1. The fourth-order valence-corrected chi connectivity index (χ4v) is 3.30. The lowest BCUT2D eigenvalue weighted by Gasteiger charge is -2.48. The molecule has 10 heteroatoms. The van der Waals surface area contributed by atoms with Crippen LogP contribution in [-0.4, -0.2) is 88.1 Å². The van der Waals surface area contributed by atoms with E-state index >= 15 is 0 Å². The second kappa shape index (κ2) is 10.5. The smallest absolute Gasteiger partial charge is 0.304 e. The van der Waals surface area contributed by atoms with Crippen LogP contribution in [0.25, 0.3) is 0 Å². The van der Waals surface area contributed by atoms with E-state index in [1.807, 2.05) is 0 Å². The topological polar surface area (TPSA) is 168 Å². The molecule has 0 saturated heterocycles. The maximum absolute atomic E-state index is 11.3. The van der Waals surface area contributed by atoms with Crippen molar-refractivity contribution in [2.24, 2.45) is 5.92 Å². The number of carbonyl (C=O) groups is 3. The van der Waals surface area contributed by atoms with Crippen LogP contribution in [0.15, 0.2) is 0 Å². The van der Waals surface area contributed by atoms with Crippen molar-refractivity contribution in [3.05, 3.63) is 0 Å². The summed E-state index contributed by atoms with van der Waals surface area (Å²) in [6, 6.07) is -1.89. The van der Waals surface area contributed by atoms with Gasteiger partial charge in [-0.05, 0) is 12.8 Å². The van der Waals surface area contributed by atoms with Crippen LogP contribution in [0.4, 0.5) is 0 Å². The third kappa shape index (κ3) is 6.61. The van der Waals surface area contributed by atoms with E-state index in [0.29, 0.717) is 0 Å². The van der Waals surface area contributed by atoms with Crippen LogP contribution < -0.4 is 16.0 Å². The third-order valence-corrected chi connectivity index (χ3v) is 4.63. The van der Waals surface area contributed by atoms with Gasteiger partial charge in [0.05, 0.1) is 37.6 Å². The summed E-state index contributed by atoms with van der Waals surface area (Å²) in [6.45, 7) is 3.44. The van der Waals surface area contributed by atoms with Crippen LogP contribution in [-0.2, 0) is 14.4 Å². The van der Waals surface area contributed by atoms with Crippen molar-refractivity contribution in [3.63, 3.8) is 0 Å². The van der Waals surface area contributed by atoms with Gasteiger partial charge in [-0.1, -0.05) is 6.92 Å². The quantitative estimate of drug-likeness (QED) is 0.210. The molecule has 0 aromatic heterocycles. The van der Waals surface area contributed by atoms with Gasteiger partial charge >= 0.3 is 11.9 Å². The maximum atomic E-state index is 11.3. The Morgan fingerprint density at radius 2 is 1.23 bits per heavy atom. The van der Waals surface area contributed by atoms with Crippen LogP contribution >= 0.6 is 0 Å². The fourth-order valence-electron chi connectivity index (χ4n) is 3.30. The average Bonchev–Trinajstić information content (AvgIpc) is 2.53. The summed E-state index contributed by atoms with van der Waals surface area (Å²) in [4.78, 5) is 32.7. The molecule has 1 saturated carbocycles. The number of rotatable bonds is 11. The molecule has 26 heavy (non-hydrogen) atoms. The van der Waals surface area contributed by atoms with E-state index in [1.165, 1.54) is 6.92 Å². The summed E-state index contributed by atoms with van der Waals surface area (Å²) >= 11 is 0. The summed E-state index contributed by atoms with van der Waals surface area (Å²) in [5.41, 5.74) is 0. The molecule has 7 N–H and O–H groups in total. The van der Waals surface area contributed by atoms with Gasteiger partial charge in [0.1, 0.15) is 5.78 Å². The monoisotopic (exact) mass is 375 g/mol. The molecule has 0 bridgehead atoms. The SMILES string of the molecule is CC(=O)CN[C@@H]1[C@H](C)[C@H](NCCC(=O)O)[C@H](O)[C@H](NCCC(=O)O)[C@@H]1O. The zero-order valence-electron chi connectivity index (χ0n) is 15.0. The van der Waals surface area contributed by atoms with Crippen molar-refractivity contribution in [1.82, 2.24) is 16.0 Å². The highest BCUT2D eigenvalue weighted by Gasteiger charge is 2.47. The third-order valence-electron chi connectivity index (χ3n) is 4.63. The number of aliphatic carboxylic acids is 2. The highest BCUT2D eigenvalue weighted by molar-refractivity contribution is 5.77. The first-order valence-corrected chi connectivity index (χ1v) is 8.64. The minimum atomic E-state index is -1.06. The first kappa shape index (κ1) is 22.5. The van der Waals surface area contributed by atoms with Gasteiger partial charge in [0, 0.05) is 25.2 Å². The lowest BCUT2D eigenvalue weighted by atomic mass is 9.74. The number of carbonyl (C=O) groups excluding carboxylic acids is 1. The highest BCUT2D eigenvalue weighted by atomic mass is 16.4. The van der Waals surface area contributed by atoms with Crippen LogP contribution in [0.3, 0.4) is 0 Å². The van der Waals surface area contributed by atoms with Gasteiger partial charge in [0.15, 0.2) is 0 Å². The largest absolute Gasteiger partial charge is 0.481 e. The molecule has 0 unspecified atom stereocenters. The Kier molecular flexibility index (Phi) is 9.09. The maximum Gasteiger partial charge on any atom is 0.304 e. The molecule has 150 valence electrons. The lowest BCUT2D eigenvalue weighted by molar-refractivity contribution is -0.137. The molecule has 6 atom stereocenters. The van der Waals surface area contributed by atoms with Crippen LogP contribution in [0.5, 0.6) is 0 Å². The molecule has 0 aromatic rings. The lowest BCUT2D eigenvalue weighted by Crippen LogP contribution is -2.71. The van der Waals surface area contributed by atoms with Gasteiger partial charge in [0.25, 0.3) is 0 Å². The second-order valence-corrected chi connectivity index (χ2v) is 6.70. The molecule has 0 radical (unpaired) electrons. The molecule has 0 amide bonds. The van der Waals surface area contributed by atoms with Gasteiger partial charge < -0.3 is 36.4 Å². The molecule has 0 heterocycles. The first-order valence-electron chi connectivity index (χ1n) is 8.64. The van der Waals surface area contributed by atoms with Crippen molar-refractivity contribution in [3.8, 4) is 0 Å². The van der Waals surface area contributed by atoms with E-state index in [9.17, 15) is 24.6 Å². The van der Waals surface area contributed by atoms with Gasteiger partial charge in [0.2, 0.25) is 0 Å². The molecular formula is C16H29N3O7. The number of ketones is 1. The second-order valence-electron chi connectivity index (χ2n) is 6.70. The number of hydrogen-bond donors (Lipinski definition) is 7. The Bertz CT molecular complexity index is 468. The van der Waals surface area contributed by atoms with Crippen molar-refractivity contribution in [1.29, 1.82) is 0 Å². The summed E-state index contributed by atoms with van der Waals surface area (Å²) in [7, 11) is 0. The van der Waals surface area contributed by atoms with Gasteiger partial charge in [-0.15, -0.1) is 0 Å². The molecule has 0 aromatic carbocycles.